The Morgan fingerprint density at radius 3 is 0.887 bits per heavy atom. The molecule has 13 rings (SSSR count). The Kier molecular flexibility index (Phi) is 11.4. The number of hydrogen-bond donors (Lipinski definition) is 0. The van der Waals surface area contributed by atoms with Gasteiger partial charge in [-0.05, 0) is 149 Å². The summed E-state index contributed by atoms with van der Waals surface area (Å²) < 4.78 is 14.6. The van der Waals surface area contributed by atoms with Gasteiger partial charge in [-0.15, -0.1) is 0 Å². The molecule has 2 aromatic heterocycles. The van der Waals surface area contributed by atoms with E-state index in [1.165, 1.54) is 54.9 Å². The van der Waals surface area contributed by atoms with Crippen molar-refractivity contribution in [3.05, 3.63) is 192 Å². The lowest BCUT2D eigenvalue weighted by Gasteiger charge is -2.31. The van der Waals surface area contributed by atoms with Gasteiger partial charge in [0.25, 0.3) is 0 Å². The molecule has 0 atom stereocenters. The molecule has 0 saturated carbocycles. The summed E-state index contributed by atoms with van der Waals surface area (Å²) in [5, 5.41) is 10.5. The van der Waals surface area contributed by atoms with E-state index in [4.69, 9.17) is 8.83 Å². The molecule has 2 aliphatic rings. The van der Waals surface area contributed by atoms with Gasteiger partial charge in [0.05, 0.1) is 22.1 Å². The van der Waals surface area contributed by atoms with Crippen LogP contribution in [0.2, 0.25) is 26.2 Å². The van der Waals surface area contributed by atoms with Crippen LogP contribution in [0, 0.1) is 0 Å². The van der Waals surface area contributed by atoms with Gasteiger partial charge < -0.3 is 18.6 Å². The van der Waals surface area contributed by atoms with E-state index < -0.39 is 16.1 Å². The van der Waals surface area contributed by atoms with Crippen LogP contribution >= 0.6 is 0 Å². The molecule has 0 spiro atoms. The molecule has 0 saturated heterocycles. The molecule has 0 bridgehead atoms. The second-order valence-corrected chi connectivity index (χ2v) is 36.8. The Morgan fingerprint density at radius 2 is 0.613 bits per heavy atom. The van der Waals surface area contributed by atoms with E-state index in [1.807, 2.05) is 0 Å². The second-order valence-electron chi connectivity index (χ2n) is 28.3. The Morgan fingerprint density at radius 1 is 0.338 bits per heavy atom. The maximum atomic E-state index is 7.32. The number of para-hydroxylation sites is 2. The lowest BCUT2D eigenvalue weighted by atomic mass is 9.86. The van der Waals surface area contributed by atoms with Crippen LogP contribution in [0.3, 0.4) is 0 Å². The average Bonchev–Trinajstić information content (AvgIpc) is 1.90. The van der Waals surface area contributed by atoms with Crippen molar-refractivity contribution in [2.24, 2.45) is 0 Å². The van der Waals surface area contributed by atoms with Crippen LogP contribution in [-0.4, -0.2) is 16.1 Å². The highest BCUT2D eigenvalue weighted by molar-refractivity contribution is 7.13. The highest BCUT2D eigenvalue weighted by Crippen LogP contribution is 2.51. The maximum Gasteiger partial charge on any atom is 0.145 e. The molecule has 9 aromatic carbocycles. The normalized spacial score (nSPS) is 14.7. The van der Waals surface area contributed by atoms with Gasteiger partial charge in [0.2, 0.25) is 0 Å². The van der Waals surface area contributed by atoms with E-state index in [0.29, 0.717) is 0 Å². The van der Waals surface area contributed by atoms with Crippen LogP contribution in [0.15, 0.2) is 179 Å². The molecule has 4 heterocycles. The standard InChI is InChI=1S/C74H76N2O2Si2/c1-71(2,3)45-25-33-49(34-26-45)75(50-35-27-46(28-36-50)72(4,5)6)57-43-61-65(67-63(57)53-21-17-19-23-59(53)77-67)55-41-42-56-66-62(80(15,16)70(56)69(55)79(61,13)14)44-58(64-54-22-18-20-24-60(54)78-68(64)66)76(51-37-29-47(30-38-51)73(7,8)9)52-39-31-48(32-40-52)74(10,11)12/h17-44H,1-16H3. The van der Waals surface area contributed by atoms with Crippen molar-refractivity contribution in [1.29, 1.82) is 0 Å². The maximum absolute atomic E-state index is 7.32. The third-order valence-corrected chi connectivity index (χ3v) is 25.3. The molecule has 0 radical (unpaired) electrons. The van der Waals surface area contributed by atoms with E-state index in [-0.39, 0.29) is 21.7 Å². The molecule has 0 aliphatic carbocycles. The molecule has 4 nitrogen and oxygen atoms in total. The van der Waals surface area contributed by atoms with Gasteiger partial charge in [-0.3, -0.25) is 0 Å². The van der Waals surface area contributed by atoms with Crippen molar-refractivity contribution in [3.8, 4) is 22.3 Å². The minimum Gasteiger partial charge on any atom is -0.455 e. The number of benzene rings is 9. The minimum absolute atomic E-state index is 0.0194. The highest BCUT2D eigenvalue weighted by Gasteiger charge is 2.50. The lowest BCUT2D eigenvalue weighted by Crippen LogP contribution is -2.63. The number of furan rings is 2. The molecule has 0 unspecified atom stereocenters. The summed E-state index contributed by atoms with van der Waals surface area (Å²) in [6, 6.07) is 64.6. The van der Waals surface area contributed by atoms with Crippen LogP contribution in [0.1, 0.15) is 105 Å². The first-order valence-electron chi connectivity index (χ1n) is 28.9. The fourth-order valence-corrected chi connectivity index (χ4v) is 22.0. The van der Waals surface area contributed by atoms with Crippen LogP contribution in [0.4, 0.5) is 34.1 Å². The Hall–Kier alpha value is -7.39. The van der Waals surface area contributed by atoms with Crippen LogP contribution in [0.25, 0.3) is 66.1 Å². The van der Waals surface area contributed by atoms with Gasteiger partial charge in [-0.1, -0.05) is 206 Å². The molecular formula is C74H76N2O2Si2. The third kappa shape index (κ3) is 7.94. The van der Waals surface area contributed by atoms with Gasteiger partial charge >= 0.3 is 0 Å². The molecule has 2 aliphatic heterocycles. The van der Waals surface area contributed by atoms with Crippen LogP contribution in [-0.2, 0) is 21.7 Å². The zero-order valence-corrected chi connectivity index (χ0v) is 51.9. The van der Waals surface area contributed by atoms with E-state index in [1.54, 1.807) is 10.4 Å². The molecule has 0 amide bonds. The summed E-state index contributed by atoms with van der Waals surface area (Å²) in [4.78, 5) is 5.02. The second kappa shape index (κ2) is 17.6. The predicted octanol–water partition coefficient (Wildman–Crippen LogP) is 19.2. The van der Waals surface area contributed by atoms with Gasteiger partial charge in [-0.2, -0.15) is 0 Å². The first kappa shape index (κ1) is 52.0. The van der Waals surface area contributed by atoms with Crippen molar-refractivity contribution in [3.63, 3.8) is 0 Å². The van der Waals surface area contributed by atoms with Crippen molar-refractivity contribution in [2.45, 2.75) is 131 Å². The number of rotatable bonds is 6. The summed E-state index contributed by atoms with van der Waals surface area (Å²) in [6.07, 6.45) is 0. The van der Waals surface area contributed by atoms with E-state index in [9.17, 15) is 0 Å². The quantitative estimate of drug-likeness (QED) is 0.155. The van der Waals surface area contributed by atoms with Crippen molar-refractivity contribution in [2.75, 3.05) is 9.80 Å². The van der Waals surface area contributed by atoms with Gasteiger partial charge in [0, 0.05) is 44.6 Å². The van der Waals surface area contributed by atoms with Gasteiger partial charge in [0.15, 0.2) is 0 Å². The molecular weight excluding hydrogens is 1000 g/mol. The number of nitrogens with zero attached hydrogens (tertiary/aromatic N) is 2. The smallest absolute Gasteiger partial charge is 0.145 e. The molecule has 80 heavy (non-hydrogen) atoms. The summed E-state index contributed by atoms with van der Waals surface area (Å²) in [5.41, 5.74) is 21.1. The monoisotopic (exact) mass is 1080 g/mol. The van der Waals surface area contributed by atoms with E-state index in [2.05, 4.69) is 289 Å². The van der Waals surface area contributed by atoms with Crippen molar-refractivity contribution < 1.29 is 8.83 Å². The largest absolute Gasteiger partial charge is 0.455 e. The number of fused-ring (bicyclic) bond motifs is 15. The van der Waals surface area contributed by atoms with E-state index in [0.717, 1.165) is 78.0 Å². The predicted molar refractivity (Wildman–Crippen MR) is 350 cm³/mol. The van der Waals surface area contributed by atoms with Gasteiger partial charge in [0.1, 0.15) is 38.5 Å². The van der Waals surface area contributed by atoms with Crippen LogP contribution in [0.5, 0.6) is 0 Å². The molecule has 0 fully saturated rings. The zero-order chi connectivity index (χ0) is 56.4. The molecule has 402 valence electrons. The first-order chi connectivity index (χ1) is 37.7. The summed E-state index contributed by atoms with van der Waals surface area (Å²) in [6.45, 7) is 38.0. The third-order valence-electron chi connectivity index (χ3n) is 18.0. The zero-order valence-electron chi connectivity index (χ0n) is 49.9. The fraction of sp³-hybridized carbons (Fsp3) is 0.270. The fourth-order valence-electron chi connectivity index (χ4n) is 13.5. The first-order valence-corrected chi connectivity index (χ1v) is 34.9. The van der Waals surface area contributed by atoms with Crippen molar-refractivity contribution in [1.82, 2.24) is 0 Å². The highest BCUT2D eigenvalue weighted by atomic mass is 28.3. The van der Waals surface area contributed by atoms with Gasteiger partial charge in [-0.25, -0.2) is 0 Å². The summed E-state index contributed by atoms with van der Waals surface area (Å²) >= 11 is 0. The lowest BCUT2D eigenvalue weighted by molar-refractivity contribution is 0.590. The molecule has 6 heteroatoms. The molecule has 11 aromatic rings. The van der Waals surface area contributed by atoms with Crippen LogP contribution < -0.4 is 30.5 Å². The Bertz CT molecular complexity index is 3900. The Balaban J connectivity index is 1.06. The van der Waals surface area contributed by atoms with E-state index >= 15 is 0 Å². The Labute approximate surface area is 476 Å². The summed E-state index contributed by atoms with van der Waals surface area (Å²) in [7, 11) is -5.11. The number of hydrogen-bond acceptors (Lipinski definition) is 4. The SMILES string of the molecule is CC(C)(C)c1ccc(N(c2ccc(C(C)(C)C)cc2)c2cc3c(c4oc5ccccc5c24)-c2ccc4c(c2[Si]3(C)C)[Si](C)(C)c2cc(N(c3ccc(C(C)(C)C)cc3)c3ccc(C(C)(C)C)cc3)c3c(oc5ccccc53)c2-4)cc1. The topological polar surface area (TPSA) is 32.8 Å². The minimum atomic E-state index is -2.55. The number of anilines is 6. The summed E-state index contributed by atoms with van der Waals surface area (Å²) in [5.74, 6) is 0. The van der Waals surface area contributed by atoms with Crippen molar-refractivity contribution >= 4 is 115 Å². The average molecular weight is 1080 g/mol. The molecule has 0 N–H and O–H groups in total.